The number of benzene rings is 3. The zero-order valence-corrected chi connectivity index (χ0v) is 17.4. The third-order valence-corrected chi connectivity index (χ3v) is 6.07. The molecule has 4 rings (SSSR count). The number of nitrogens with zero attached hydrogens (tertiary/aromatic N) is 1. The minimum absolute atomic E-state index is 0.225. The molecule has 30 heavy (non-hydrogen) atoms. The van der Waals surface area contributed by atoms with Crippen LogP contribution in [0, 0.1) is 12.7 Å². The van der Waals surface area contributed by atoms with Crippen LogP contribution < -0.4 is 0 Å². The van der Waals surface area contributed by atoms with Crippen molar-refractivity contribution in [1.29, 1.82) is 0 Å². The van der Waals surface area contributed by atoms with E-state index in [-0.39, 0.29) is 10.7 Å². The summed E-state index contributed by atoms with van der Waals surface area (Å²) in [5, 5.41) is 0. The third kappa shape index (κ3) is 4.04. The lowest BCUT2D eigenvalue weighted by atomic mass is 10.0. The molecular weight excluding hydrogens is 401 g/mol. The number of aromatic nitrogens is 1. The summed E-state index contributed by atoms with van der Waals surface area (Å²) in [7, 11) is -3.31. The standard InChI is InChI=1S/C24H20FNO3S/c1-16-20(9-6-10-21(16)25)24-23(18-11-13-19(14-12-18)30(2,27)28)26-22(29-24)15-17-7-4-3-5-8-17/h3-14H,15H2,1-2H3. The van der Waals surface area contributed by atoms with Crippen molar-refractivity contribution < 1.29 is 17.2 Å². The fourth-order valence-electron chi connectivity index (χ4n) is 3.30. The van der Waals surface area contributed by atoms with Gasteiger partial charge in [-0.15, -0.1) is 0 Å². The molecule has 0 aliphatic carbocycles. The highest BCUT2D eigenvalue weighted by Gasteiger charge is 2.20. The zero-order chi connectivity index (χ0) is 21.3. The summed E-state index contributed by atoms with van der Waals surface area (Å²) in [6, 6.07) is 21.1. The summed E-state index contributed by atoms with van der Waals surface area (Å²) in [5.74, 6) is 0.638. The Labute approximate surface area is 175 Å². The van der Waals surface area contributed by atoms with Crippen LogP contribution in [0.4, 0.5) is 4.39 Å². The Balaban J connectivity index is 1.84. The average molecular weight is 421 g/mol. The highest BCUT2D eigenvalue weighted by molar-refractivity contribution is 7.90. The molecule has 0 aliphatic rings. The predicted octanol–water partition coefficient (Wildman–Crippen LogP) is 5.45. The zero-order valence-electron chi connectivity index (χ0n) is 16.6. The van der Waals surface area contributed by atoms with Gasteiger partial charge in [-0.1, -0.05) is 54.6 Å². The van der Waals surface area contributed by atoms with Crippen LogP contribution in [-0.2, 0) is 16.3 Å². The Morgan fingerprint density at radius 1 is 0.933 bits per heavy atom. The lowest BCUT2D eigenvalue weighted by Crippen LogP contribution is -1.96. The van der Waals surface area contributed by atoms with E-state index >= 15 is 0 Å². The lowest BCUT2D eigenvalue weighted by molar-refractivity contribution is 0.518. The van der Waals surface area contributed by atoms with Crippen molar-refractivity contribution in [1.82, 2.24) is 4.98 Å². The summed E-state index contributed by atoms with van der Waals surface area (Å²) < 4.78 is 43.9. The molecule has 4 nitrogen and oxygen atoms in total. The van der Waals surface area contributed by atoms with E-state index in [9.17, 15) is 12.8 Å². The normalized spacial score (nSPS) is 11.6. The van der Waals surface area contributed by atoms with Gasteiger partial charge in [-0.05, 0) is 36.2 Å². The quantitative estimate of drug-likeness (QED) is 0.430. The Morgan fingerprint density at radius 3 is 2.30 bits per heavy atom. The van der Waals surface area contributed by atoms with Gasteiger partial charge >= 0.3 is 0 Å². The van der Waals surface area contributed by atoms with Crippen molar-refractivity contribution in [2.24, 2.45) is 0 Å². The highest BCUT2D eigenvalue weighted by Crippen LogP contribution is 2.36. The van der Waals surface area contributed by atoms with Gasteiger partial charge in [0.1, 0.15) is 11.5 Å². The first kappa shape index (κ1) is 20.0. The van der Waals surface area contributed by atoms with Crippen LogP contribution in [-0.4, -0.2) is 19.7 Å². The number of halogens is 1. The summed E-state index contributed by atoms with van der Waals surface area (Å²) >= 11 is 0. The Bertz CT molecular complexity index is 1290. The van der Waals surface area contributed by atoms with E-state index in [1.807, 2.05) is 30.3 Å². The maximum Gasteiger partial charge on any atom is 0.199 e. The summed E-state index contributed by atoms with van der Waals surface area (Å²) in [4.78, 5) is 4.90. The molecule has 0 unspecified atom stereocenters. The van der Waals surface area contributed by atoms with Crippen molar-refractivity contribution in [2.45, 2.75) is 18.2 Å². The first-order valence-electron chi connectivity index (χ1n) is 9.42. The Morgan fingerprint density at radius 2 is 1.63 bits per heavy atom. The van der Waals surface area contributed by atoms with Gasteiger partial charge in [0.2, 0.25) is 0 Å². The summed E-state index contributed by atoms with van der Waals surface area (Å²) in [5.41, 5.74) is 3.37. The monoisotopic (exact) mass is 421 g/mol. The Kier molecular flexibility index (Phi) is 5.26. The molecule has 4 aromatic rings. The van der Waals surface area contributed by atoms with Crippen molar-refractivity contribution in [3.8, 4) is 22.6 Å². The minimum Gasteiger partial charge on any atom is -0.440 e. The first-order valence-corrected chi connectivity index (χ1v) is 11.3. The van der Waals surface area contributed by atoms with E-state index in [4.69, 9.17) is 4.42 Å². The molecule has 3 aromatic carbocycles. The number of oxazole rings is 1. The summed E-state index contributed by atoms with van der Waals surface area (Å²) in [6.07, 6.45) is 1.65. The van der Waals surface area contributed by atoms with Gasteiger partial charge in [0.05, 0.1) is 4.90 Å². The lowest BCUT2D eigenvalue weighted by Gasteiger charge is -2.06. The molecule has 0 bridgehead atoms. The number of hydrogen-bond donors (Lipinski definition) is 0. The van der Waals surface area contributed by atoms with Crippen LogP contribution in [0.1, 0.15) is 17.0 Å². The van der Waals surface area contributed by atoms with Crippen LogP contribution >= 0.6 is 0 Å². The van der Waals surface area contributed by atoms with Gasteiger partial charge in [0, 0.05) is 23.8 Å². The van der Waals surface area contributed by atoms with E-state index in [0.29, 0.717) is 40.5 Å². The molecule has 0 radical (unpaired) electrons. The van der Waals surface area contributed by atoms with E-state index in [1.54, 1.807) is 43.3 Å². The molecule has 1 heterocycles. The van der Waals surface area contributed by atoms with Gasteiger partial charge in [-0.25, -0.2) is 17.8 Å². The highest BCUT2D eigenvalue weighted by atomic mass is 32.2. The molecule has 0 saturated heterocycles. The van der Waals surface area contributed by atoms with Gasteiger partial charge in [-0.2, -0.15) is 0 Å². The smallest absolute Gasteiger partial charge is 0.199 e. The molecule has 0 atom stereocenters. The molecule has 0 fully saturated rings. The number of rotatable bonds is 5. The molecule has 0 spiro atoms. The fourth-order valence-corrected chi connectivity index (χ4v) is 3.93. The van der Waals surface area contributed by atoms with Crippen LogP contribution in [0.3, 0.4) is 0 Å². The molecule has 152 valence electrons. The molecule has 6 heteroatoms. The van der Waals surface area contributed by atoms with Crippen LogP contribution in [0.2, 0.25) is 0 Å². The van der Waals surface area contributed by atoms with Gasteiger partial charge in [-0.3, -0.25) is 0 Å². The molecule has 0 aliphatic heterocycles. The van der Waals surface area contributed by atoms with Crippen LogP contribution in [0.5, 0.6) is 0 Å². The van der Waals surface area contributed by atoms with Crippen molar-refractivity contribution in [2.75, 3.05) is 6.26 Å². The largest absolute Gasteiger partial charge is 0.440 e. The van der Waals surface area contributed by atoms with E-state index in [0.717, 1.165) is 11.8 Å². The second-order valence-electron chi connectivity index (χ2n) is 7.16. The second-order valence-corrected chi connectivity index (χ2v) is 9.17. The summed E-state index contributed by atoms with van der Waals surface area (Å²) in [6.45, 7) is 1.70. The fraction of sp³-hybridized carbons (Fsp3) is 0.125. The maximum atomic E-state index is 14.2. The third-order valence-electron chi connectivity index (χ3n) is 4.94. The molecule has 1 aromatic heterocycles. The van der Waals surface area contributed by atoms with Gasteiger partial charge in [0.15, 0.2) is 21.5 Å². The topological polar surface area (TPSA) is 60.2 Å². The molecule has 0 N–H and O–H groups in total. The molecule has 0 saturated carbocycles. The van der Waals surface area contributed by atoms with Crippen molar-refractivity contribution >= 4 is 9.84 Å². The SMILES string of the molecule is Cc1c(F)cccc1-c1oc(Cc2ccccc2)nc1-c1ccc(S(C)(=O)=O)cc1. The van der Waals surface area contributed by atoms with Crippen molar-refractivity contribution in [3.05, 3.63) is 95.6 Å². The maximum absolute atomic E-state index is 14.2. The van der Waals surface area contributed by atoms with Crippen LogP contribution in [0.15, 0.2) is 82.1 Å². The second kappa shape index (κ2) is 7.88. The number of hydrogen-bond acceptors (Lipinski definition) is 4. The first-order chi connectivity index (χ1) is 14.3. The van der Waals surface area contributed by atoms with Crippen molar-refractivity contribution in [3.63, 3.8) is 0 Å². The van der Waals surface area contributed by atoms with Crippen LogP contribution in [0.25, 0.3) is 22.6 Å². The van der Waals surface area contributed by atoms with E-state index in [2.05, 4.69) is 4.98 Å². The molecular formula is C24H20FNO3S. The Hall–Kier alpha value is -3.25. The van der Waals surface area contributed by atoms with Gasteiger partial charge < -0.3 is 4.42 Å². The molecule has 0 amide bonds. The van der Waals surface area contributed by atoms with E-state index in [1.165, 1.54) is 6.07 Å². The predicted molar refractivity (Wildman–Crippen MR) is 114 cm³/mol. The average Bonchev–Trinajstić information content (AvgIpc) is 3.14. The minimum atomic E-state index is -3.31. The number of sulfone groups is 1. The van der Waals surface area contributed by atoms with Gasteiger partial charge in [0.25, 0.3) is 0 Å². The van der Waals surface area contributed by atoms with E-state index < -0.39 is 9.84 Å².